The van der Waals surface area contributed by atoms with Gasteiger partial charge in [-0.05, 0) is 37.5 Å². The molecule has 1 aliphatic rings. The average Bonchev–Trinajstić information content (AvgIpc) is 3.11. The molecule has 2 aromatic rings. The van der Waals surface area contributed by atoms with Gasteiger partial charge in [0.15, 0.2) is 0 Å². The molecule has 1 aliphatic heterocycles. The van der Waals surface area contributed by atoms with E-state index in [-0.39, 0.29) is 18.0 Å². The first kappa shape index (κ1) is 18.0. The summed E-state index contributed by atoms with van der Waals surface area (Å²) in [6.45, 7) is 3.32. The van der Waals surface area contributed by atoms with Crippen LogP contribution in [0, 0.1) is 0 Å². The molecule has 1 saturated heterocycles. The third-order valence-electron chi connectivity index (χ3n) is 4.52. The van der Waals surface area contributed by atoms with Crippen molar-refractivity contribution in [3.8, 4) is 0 Å². The van der Waals surface area contributed by atoms with Gasteiger partial charge in [0.2, 0.25) is 0 Å². The minimum atomic E-state index is -0.211. The molecule has 1 aromatic carbocycles. The highest BCUT2D eigenvalue weighted by Gasteiger charge is 2.25. The number of amides is 3. The molecule has 0 saturated carbocycles. The molecule has 0 radical (unpaired) electrons. The molecule has 3 rings (SSSR count). The Bertz CT molecular complexity index is 735. The van der Waals surface area contributed by atoms with E-state index in [0.717, 1.165) is 37.1 Å². The normalized spacial score (nSPS) is 14.9. The van der Waals surface area contributed by atoms with Crippen LogP contribution < -0.4 is 10.6 Å². The van der Waals surface area contributed by atoms with Crippen molar-refractivity contribution in [3.05, 3.63) is 47.8 Å². The minimum Gasteiger partial charge on any atom is -0.337 e. The Morgan fingerprint density at radius 3 is 2.65 bits per heavy atom. The van der Waals surface area contributed by atoms with Crippen molar-refractivity contribution in [2.75, 3.05) is 18.4 Å². The maximum atomic E-state index is 12.5. The lowest BCUT2D eigenvalue weighted by Gasteiger charge is -2.32. The van der Waals surface area contributed by atoms with E-state index >= 15 is 0 Å². The zero-order valence-electron chi connectivity index (χ0n) is 15.0. The number of para-hydroxylation sites is 1. The van der Waals surface area contributed by atoms with Gasteiger partial charge in [-0.2, -0.15) is 5.10 Å². The number of carbonyl (C=O) groups is 2. The first-order chi connectivity index (χ1) is 12.7. The van der Waals surface area contributed by atoms with E-state index in [1.807, 2.05) is 36.4 Å². The molecule has 0 spiro atoms. The summed E-state index contributed by atoms with van der Waals surface area (Å²) in [5.41, 5.74) is 2.23. The van der Waals surface area contributed by atoms with E-state index in [1.54, 1.807) is 4.90 Å². The summed E-state index contributed by atoms with van der Waals surface area (Å²) in [5, 5.41) is 12.8. The largest absolute Gasteiger partial charge is 0.337 e. The van der Waals surface area contributed by atoms with E-state index in [4.69, 9.17) is 0 Å². The second kappa shape index (κ2) is 8.51. The number of benzene rings is 1. The molecule has 2 heterocycles. The first-order valence-electron chi connectivity index (χ1n) is 9.12. The number of urea groups is 1. The molecule has 1 aromatic heterocycles. The average molecular weight is 355 g/mol. The molecule has 0 atom stereocenters. The third-order valence-corrected chi connectivity index (χ3v) is 4.52. The number of aryl methyl sites for hydroxylation is 1. The van der Waals surface area contributed by atoms with Gasteiger partial charge in [0.1, 0.15) is 5.69 Å². The van der Waals surface area contributed by atoms with Crippen molar-refractivity contribution >= 4 is 17.6 Å². The van der Waals surface area contributed by atoms with Crippen LogP contribution in [-0.2, 0) is 6.42 Å². The number of likely N-dealkylation sites (tertiary alicyclic amines) is 1. The van der Waals surface area contributed by atoms with Crippen LogP contribution in [0.4, 0.5) is 10.5 Å². The lowest BCUT2D eigenvalue weighted by atomic mass is 10.0. The zero-order chi connectivity index (χ0) is 18.4. The number of hydrogen-bond donors (Lipinski definition) is 3. The molecule has 3 amide bonds. The van der Waals surface area contributed by atoms with Crippen LogP contribution in [0.3, 0.4) is 0 Å². The summed E-state index contributed by atoms with van der Waals surface area (Å²) in [6.07, 6.45) is 3.38. The number of hydrogen-bond acceptors (Lipinski definition) is 3. The van der Waals surface area contributed by atoms with E-state index < -0.39 is 0 Å². The molecule has 3 N–H and O–H groups in total. The van der Waals surface area contributed by atoms with Gasteiger partial charge in [-0.1, -0.05) is 31.5 Å². The molecule has 138 valence electrons. The molecular weight excluding hydrogens is 330 g/mol. The molecular formula is C19H25N5O2. The summed E-state index contributed by atoms with van der Waals surface area (Å²) in [7, 11) is 0. The Morgan fingerprint density at radius 1 is 1.23 bits per heavy atom. The fourth-order valence-corrected chi connectivity index (χ4v) is 3.13. The lowest BCUT2D eigenvalue weighted by molar-refractivity contribution is 0.0703. The Balaban J connectivity index is 1.46. The van der Waals surface area contributed by atoms with Crippen molar-refractivity contribution in [2.24, 2.45) is 0 Å². The van der Waals surface area contributed by atoms with Gasteiger partial charge < -0.3 is 15.5 Å². The number of rotatable bonds is 5. The SMILES string of the molecule is CCCc1cc(C(=O)N2CCC(NC(=O)Nc3ccccc3)CC2)n[nH]1. The van der Waals surface area contributed by atoms with Crippen molar-refractivity contribution < 1.29 is 9.59 Å². The van der Waals surface area contributed by atoms with Crippen LogP contribution in [-0.4, -0.2) is 46.2 Å². The van der Waals surface area contributed by atoms with Gasteiger partial charge in [0.05, 0.1) is 0 Å². The van der Waals surface area contributed by atoms with Gasteiger partial charge in [-0.25, -0.2) is 4.79 Å². The van der Waals surface area contributed by atoms with Gasteiger partial charge in [-0.15, -0.1) is 0 Å². The highest BCUT2D eigenvalue weighted by Crippen LogP contribution is 2.14. The standard InChI is InChI=1S/C19H25N5O2/c1-2-6-16-13-17(23-22-16)18(25)24-11-9-15(10-12-24)21-19(26)20-14-7-4-3-5-8-14/h3-5,7-8,13,15H,2,6,9-12H2,1H3,(H,22,23)(H2,20,21,26). The van der Waals surface area contributed by atoms with Gasteiger partial charge in [-0.3, -0.25) is 9.89 Å². The van der Waals surface area contributed by atoms with Crippen molar-refractivity contribution in [1.29, 1.82) is 0 Å². The summed E-state index contributed by atoms with van der Waals surface area (Å²) in [5.74, 6) is -0.0456. The quantitative estimate of drug-likeness (QED) is 0.770. The Labute approximate surface area is 153 Å². The topological polar surface area (TPSA) is 90.1 Å². The Hall–Kier alpha value is -2.83. The van der Waals surface area contributed by atoms with Crippen molar-refractivity contribution in [2.45, 2.75) is 38.6 Å². The third kappa shape index (κ3) is 4.62. The number of nitrogens with zero attached hydrogens (tertiary/aromatic N) is 2. The second-order valence-corrected chi connectivity index (χ2v) is 6.56. The summed E-state index contributed by atoms with van der Waals surface area (Å²) >= 11 is 0. The molecule has 0 aliphatic carbocycles. The number of aromatic nitrogens is 2. The fraction of sp³-hybridized carbons (Fsp3) is 0.421. The molecule has 7 nitrogen and oxygen atoms in total. The zero-order valence-corrected chi connectivity index (χ0v) is 15.0. The Morgan fingerprint density at radius 2 is 1.96 bits per heavy atom. The summed E-state index contributed by atoms with van der Waals surface area (Å²) in [6, 6.07) is 11.0. The van der Waals surface area contributed by atoms with E-state index in [9.17, 15) is 9.59 Å². The van der Waals surface area contributed by atoms with Gasteiger partial charge >= 0.3 is 6.03 Å². The van der Waals surface area contributed by atoms with Gasteiger partial charge in [0, 0.05) is 30.5 Å². The number of piperidine rings is 1. The van der Waals surface area contributed by atoms with Crippen LogP contribution in [0.15, 0.2) is 36.4 Å². The van der Waals surface area contributed by atoms with Gasteiger partial charge in [0.25, 0.3) is 5.91 Å². The number of aromatic amines is 1. The number of carbonyl (C=O) groups excluding carboxylic acids is 2. The van der Waals surface area contributed by atoms with E-state index in [0.29, 0.717) is 18.8 Å². The fourth-order valence-electron chi connectivity index (χ4n) is 3.13. The van der Waals surface area contributed by atoms with Crippen LogP contribution in [0.2, 0.25) is 0 Å². The molecule has 0 unspecified atom stereocenters. The lowest BCUT2D eigenvalue weighted by Crippen LogP contribution is -2.47. The predicted octanol–water partition coefficient (Wildman–Crippen LogP) is 2.79. The Kier molecular flexibility index (Phi) is 5.88. The minimum absolute atomic E-state index is 0.0456. The van der Waals surface area contributed by atoms with Crippen LogP contribution in [0.25, 0.3) is 0 Å². The molecule has 7 heteroatoms. The number of anilines is 1. The van der Waals surface area contributed by atoms with Crippen molar-refractivity contribution in [3.63, 3.8) is 0 Å². The van der Waals surface area contributed by atoms with Crippen LogP contribution >= 0.6 is 0 Å². The number of H-pyrrole nitrogens is 1. The monoisotopic (exact) mass is 355 g/mol. The maximum absolute atomic E-state index is 12.5. The predicted molar refractivity (Wildman–Crippen MR) is 100 cm³/mol. The highest BCUT2D eigenvalue weighted by molar-refractivity contribution is 5.92. The smallest absolute Gasteiger partial charge is 0.319 e. The van der Waals surface area contributed by atoms with Crippen molar-refractivity contribution in [1.82, 2.24) is 20.4 Å². The van der Waals surface area contributed by atoms with E-state index in [1.165, 1.54) is 0 Å². The second-order valence-electron chi connectivity index (χ2n) is 6.56. The highest BCUT2D eigenvalue weighted by atomic mass is 16.2. The van der Waals surface area contributed by atoms with Crippen LogP contribution in [0.5, 0.6) is 0 Å². The summed E-state index contributed by atoms with van der Waals surface area (Å²) in [4.78, 5) is 26.4. The van der Waals surface area contributed by atoms with E-state index in [2.05, 4.69) is 27.8 Å². The maximum Gasteiger partial charge on any atom is 0.319 e. The molecule has 1 fully saturated rings. The molecule has 26 heavy (non-hydrogen) atoms. The van der Waals surface area contributed by atoms with Crippen LogP contribution in [0.1, 0.15) is 42.4 Å². The molecule has 0 bridgehead atoms. The summed E-state index contributed by atoms with van der Waals surface area (Å²) < 4.78 is 0. The first-order valence-corrected chi connectivity index (χ1v) is 9.12. The number of nitrogens with one attached hydrogen (secondary N) is 3.